The van der Waals surface area contributed by atoms with E-state index in [0.29, 0.717) is 21.2 Å². The molecule has 2 unspecified atom stereocenters. The molecule has 0 bridgehead atoms. The second-order valence-electron chi connectivity index (χ2n) is 7.88. The van der Waals surface area contributed by atoms with Crippen molar-refractivity contribution in [2.75, 3.05) is 26.2 Å². The van der Waals surface area contributed by atoms with Crippen molar-refractivity contribution in [2.24, 2.45) is 0 Å². The molecule has 1 aliphatic heterocycles. The van der Waals surface area contributed by atoms with Gasteiger partial charge in [0.1, 0.15) is 0 Å². The third-order valence-electron chi connectivity index (χ3n) is 5.81. The molecular weight excluding hydrogens is 447 g/mol. The minimum Gasteiger partial charge on any atom is -0.337 e. The van der Waals surface area contributed by atoms with Gasteiger partial charge in [0, 0.05) is 47.4 Å². The Morgan fingerprint density at radius 2 is 1.03 bits per heavy atom. The number of hydrogen-bond acceptors (Lipinski definition) is 4. The molecule has 172 valence electrons. The number of nitrogens with one attached hydrogen (secondary N) is 2. The number of halogens is 2. The van der Waals surface area contributed by atoms with Crippen LogP contribution < -0.4 is 10.6 Å². The molecule has 2 N–H and O–H groups in total. The van der Waals surface area contributed by atoms with Gasteiger partial charge in [-0.15, -0.1) is 0 Å². The van der Waals surface area contributed by atoms with Crippen LogP contribution in [0.3, 0.4) is 0 Å². The summed E-state index contributed by atoms with van der Waals surface area (Å²) in [6.07, 6.45) is 1.54. The van der Waals surface area contributed by atoms with Gasteiger partial charge in [-0.2, -0.15) is 0 Å². The van der Waals surface area contributed by atoms with E-state index in [1.165, 1.54) is 0 Å². The summed E-state index contributed by atoms with van der Waals surface area (Å²) < 4.78 is 0. The van der Waals surface area contributed by atoms with Gasteiger partial charge < -0.3 is 10.6 Å². The first-order valence-electron chi connectivity index (χ1n) is 11.0. The van der Waals surface area contributed by atoms with Crippen molar-refractivity contribution in [3.8, 4) is 0 Å². The van der Waals surface area contributed by atoms with Crippen LogP contribution in [-0.4, -0.2) is 60.1 Å². The summed E-state index contributed by atoms with van der Waals surface area (Å²) in [5, 5.41) is 7.49. The average molecular weight is 477 g/mol. The molecule has 0 aromatic heterocycles. The summed E-state index contributed by atoms with van der Waals surface area (Å²) in [7, 11) is 0. The fraction of sp³-hybridized carbons (Fsp3) is 0.417. The lowest BCUT2D eigenvalue weighted by Gasteiger charge is -2.42. The van der Waals surface area contributed by atoms with Gasteiger partial charge in [-0.25, -0.2) is 0 Å². The van der Waals surface area contributed by atoms with Crippen LogP contribution in [-0.2, 0) is 0 Å². The number of carbonyl (C=O) groups excluding carboxylic acids is 2. The highest BCUT2D eigenvalue weighted by Gasteiger charge is 2.28. The molecule has 0 saturated carbocycles. The Labute approximate surface area is 199 Å². The Bertz CT molecular complexity index is 822. The van der Waals surface area contributed by atoms with E-state index in [9.17, 15) is 9.59 Å². The molecule has 2 amide bonds. The Morgan fingerprint density at radius 3 is 1.31 bits per heavy atom. The second-order valence-corrected chi connectivity index (χ2v) is 8.75. The van der Waals surface area contributed by atoms with Gasteiger partial charge in [0.25, 0.3) is 11.8 Å². The first-order valence-corrected chi connectivity index (χ1v) is 11.8. The highest BCUT2D eigenvalue weighted by atomic mass is 35.5. The van der Waals surface area contributed by atoms with E-state index in [2.05, 4.69) is 34.3 Å². The van der Waals surface area contributed by atoms with Gasteiger partial charge in [0.2, 0.25) is 0 Å². The lowest BCUT2D eigenvalue weighted by Crippen LogP contribution is -2.59. The first-order chi connectivity index (χ1) is 15.4. The minimum atomic E-state index is -0.0994. The molecule has 2 atom stereocenters. The Hall–Kier alpha value is -2.12. The molecule has 1 fully saturated rings. The number of carbonyl (C=O) groups is 2. The predicted molar refractivity (Wildman–Crippen MR) is 129 cm³/mol. The van der Waals surface area contributed by atoms with Crippen LogP contribution in [0.5, 0.6) is 0 Å². The van der Waals surface area contributed by atoms with Crippen LogP contribution in [0.25, 0.3) is 0 Å². The van der Waals surface area contributed by atoms with Crippen LogP contribution in [0.2, 0.25) is 10.0 Å². The van der Waals surface area contributed by atoms with E-state index < -0.39 is 0 Å². The van der Waals surface area contributed by atoms with Crippen LogP contribution in [0.4, 0.5) is 0 Å². The van der Waals surface area contributed by atoms with E-state index >= 15 is 0 Å². The van der Waals surface area contributed by atoms with Crippen LogP contribution in [0.15, 0.2) is 48.5 Å². The van der Waals surface area contributed by atoms with E-state index in [1.807, 2.05) is 0 Å². The molecule has 3 rings (SSSR count). The SMILES string of the molecule is CCC(NC(=O)c1ccc(Cl)cc1)N1CCN(C(CC)NC(=O)c2ccc(Cl)cc2)CC1. The summed E-state index contributed by atoms with van der Waals surface area (Å²) in [5.41, 5.74) is 1.20. The molecule has 32 heavy (non-hydrogen) atoms. The standard InChI is InChI=1S/C24H30Cl2N4O2/c1-3-21(27-23(31)17-5-9-19(25)10-6-17)29-13-15-30(16-14-29)22(4-2)28-24(32)18-7-11-20(26)12-8-18/h5-12,21-22H,3-4,13-16H2,1-2H3,(H,27,31)(H,28,32). The fourth-order valence-electron chi connectivity index (χ4n) is 3.94. The Balaban J connectivity index is 1.53. The van der Waals surface area contributed by atoms with Gasteiger partial charge in [-0.1, -0.05) is 37.0 Å². The maximum Gasteiger partial charge on any atom is 0.252 e. The summed E-state index contributed by atoms with van der Waals surface area (Å²) in [4.78, 5) is 29.8. The smallest absolute Gasteiger partial charge is 0.252 e. The highest BCUT2D eigenvalue weighted by Crippen LogP contribution is 2.15. The number of amides is 2. The lowest BCUT2D eigenvalue weighted by molar-refractivity contribution is 0.0405. The molecule has 0 aliphatic carbocycles. The van der Waals surface area contributed by atoms with Crippen molar-refractivity contribution in [1.29, 1.82) is 0 Å². The zero-order valence-electron chi connectivity index (χ0n) is 18.5. The highest BCUT2D eigenvalue weighted by molar-refractivity contribution is 6.31. The molecular formula is C24H30Cl2N4O2. The van der Waals surface area contributed by atoms with Gasteiger partial charge in [-0.3, -0.25) is 19.4 Å². The number of benzene rings is 2. The van der Waals surface area contributed by atoms with Crippen molar-refractivity contribution in [2.45, 2.75) is 39.0 Å². The molecule has 6 nitrogen and oxygen atoms in total. The summed E-state index contributed by atoms with van der Waals surface area (Å²) in [6, 6.07) is 13.8. The van der Waals surface area contributed by atoms with Crippen LogP contribution in [0, 0.1) is 0 Å². The lowest BCUT2D eigenvalue weighted by atomic mass is 10.1. The van der Waals surface area contributed by atoms with Crippen molar-refractivity contribution in [1.82, 2.24) is 20.4 Å². The summed E-state index contributed by atoms with van der Waals surface area (Å²) in [5.74, 6) is -0.199. The monoisotopic (exact) mass is 476 g/mol. The number of hydrogen-bond donors (Lipinski definition) is 2. The molecule has 0 radical (unpaired) electrons. The van der Waals surface area contributed by atoms with Crippen molar-refractivity contribution < 1.29 is 9.59 Å². The van der Waals surface area contributed by atoms with E-state index in [-0.39, 0.29) is 24.1 Å². The average Bonchev–Trinajstić information content (AvgIpc) is 2.81. The zero-order valence-corrected chi connectivity index (χ0v) is 20.0. The molecule has 8 heteroatoms. The van der Waals surface area contributed by atoms with E-state index in [4.69, 9.17) is 23.2 Å². The minimum absolute atomic E-state index is 0.0379. The predicted octanol–water partition coefficient (Wildman–Crippen LogP) is 4.24. The Morgan fingerprint density at radius 1 is 0.719 bits per heavy atom. The third kappa shape index (κ3) is 6.45. The number of nitrogens with zero attached hydrogens (tertiary/aromatic N) is 2. The van der Waals surface area contributed by atoms with Gasteiger partial charge >= 0.3 is 0 Å². The maximum atomic E-state index is 12.6. The van der Waals surface area contributed by atoms with Crippen molar-refractivity contribution >= 4 is 35.0 Å². The van der Waals surface area contributed by atoms with Gasteiger partial charge in [0.15, 0.2) is 0 Å². The van der Waals surface area contributed by atoms with Crippen molar-refractivity contribution in [3.05, 3.63) is 69.7 Å². The largest absolute Gasteiger partial charge is 0.337 e. The third-order valence-corrected chi connectivity index (χ3v) is 6.32. The summed E-state index contributed by atoms with van der Waals surface area (Å²) in [6.45, 7) is 7.39. The fourth-order valence-corrected chi connectivity index (χ4v) is 4.19. The van der Waals surface area contributed by atoms with Crippen LogP contribution in [0.1, 0.15) is 47.4 Å². The second kappa shape index (κ2) is 11.7. The van der Waals surface area contributed by atoms with E-state index in [0.717, 1.165) is 39.0 Å². The maximum absolute atomic E-state index is 12.6. The molecule has 0 spiro atoms. The molecule has 1 saturated heterocycles. The van der Waals surface area contributed by atoms with Gasteiger partial charge in [-0.05, 0) is 61.4 Å². The molecule has 1 aliphatic rings. The molecule has 2 aromatic carbocycles. The molecule has 2 aromatic rings. The summed E-state index contributed by atoms with van der Waals surface area (Å²) >= 11 is 11.8. The quantitative estimate of drug-likeness (QED) is 0.597. The number of rotatable bonds is 8. The first kappa shape index (κ1) is 24.5. The van der Waals surface area contributed by atoms with Crippen LogP contribution >= 0.6 is 23.2 Å². The Kier molecular flexibility index (Phi) is 8.93. The van der Waals surface area contributed by atoms with Gasteiger partial charge in [0.05, 0.1) is 12.3 Å². The normalized spacial score (nSPS) is 16.9. The number of piperazine rings is 1. The van der Waals surface area contributed by atoms with E-state index in [1.54, 1.807) is 48.5 Å². The molecule has 1 heterocycles. The topological polar surface area (TPSA) is 64.7 Å². The zero-order chi connectivity index (χ0) is 23.1. The van der Waals surface area contributed by atoms with Crippen molar-refractivity contribution in [3.63, 3.8) is 0 Å².